The first kappa shape index (κ1) is 17.3. The van der Waals surface area contributed by atoms with Crippen LogP contribution in [0.3, 0.4) is 0 Å². The molecule has 3 nitrogen and oxygen atoms in total. The fraction of sp³-hybridized carbons (Fsp3) is 0.208. The van der Waals surface area contributed by atoms with Crippen molar-refractivity contribution in [2.45, 2.75) is 31.7 Å². The molecule has 1 aromatic heterocycles. The highest BCUT2D eigenvalue weighted by Crippen LogP contribution is 2.43. The minimum Gasteiger partial charge on any atom is -0.449 e. The fourth-order valence-electron chi connectivity index (χ4n) is 4.22. The number of benzene rings is 2. The lowest BCUT2D eigenvalue weighted by Gasteiger charge is -2.36. The number of halogens is 1. The van der Waals surface area contributed by atoms with Crippen molar-refractivity contribution in [2.24, 2.45) is 0 Å². The number of hydrogen-bond donors (Lipinski definition) is 0. The summed E-state index contributed by atoms with van der Waals surface area (Å²) in [5.74, 6) is 0.742. The maximum Gasteiger partial charge on any atom is 0.198 e. The third-order valence-corrected chi connectivity index (χ3v) is 5.76. The summed E-state index contributed by atoms with van der Waals surface area (Å²) in [5, 5.41) is 0.776. The Morgan fingerprint density at radius 2 is 2.00 bits per heavy atom. The number of nitrogens with zero attached hydrogens (tertiary/aromatic N) is 2. The number of allylic oxidation sites excluding steroid dienone is 3. The molecule has 5 rings (SSSR count). The SMILES string of the molecule is Clc1cccc(C2C=CC3=C(CCC3)N2c2ccc(Cc3ncco3)cc2)c1. The molecule has 1 aliphatic heterocycles. The summed E-state index contributed by atoms with van der Waals surface area (Å²) in [6.07, 6.45) is 12.1. The standard InChI is InChI=1S/C24H21ClN2O/c25-20-5-1-4-19(16-20)23-12-9-18-3-2-6-22(18)27(23)21-10-7-17(8-11-21)15-24-26-13-14-28-24/h1,4-5,7-14,16,23H,2-3,6,15H2. The summed E-state index contributed by atoms with van der Waals surface area (Å²) in [5.41, 5.74) is 6.51. The quantitative estimate of drug-likeness (QED) is 0.512. The molecule has 0 fully saturated rings. The molecule has 0 saturated carbocycles. The zero-order chi connectivity index (χ0) is 18.9. The first-order chi connectivity index (χ1) is 13.8. The average Bonchev–Trinajstić information content (AvgIpc) is 3.39. The van der Waals surface area contributed by atoms with Crippen molar-refractivity contribution in [2.75, 3.05) is 4.90 Å². The summed E-state index contributed by atoms with van der Waals surface area (Å²) in [7, 11) is 0. The predicted molar refractivity (Wildman–Crippen MR) is 112 cm³/mol. The Bertz CT molecular complexity index is 1030. The number of hydrogen-bond acceptors (Lipinski definition) is 3. The van der Waals surface area contributed by atoms with Gasteiger partial charge in [-0.3, -0.25) is 0 Å². The van der Waals surface area contributed by atoms with Crippen LogP contribution in [0.5, 0.6) is 0 Å². The van der Waals surface area contributed by atoms with Crippen LogP contribution in [0.25, 0.3) is 0 Å². The molecule has 2 aliphatic rings. The van der Waals surface area contributed by atoms with Crippen molar-refractivity contribution in [3.63, 3.8) is 0 Å². The van der Waals surface area contributed by atoms with E-state index in [-0.39, 0.29) is 6.04 Å². The summed E-state index contributed by atoms with van der Waals surface area (Å²) < 4.78 is 5.38. The van der Waals surface area contributed by atoms with Crippen molar-refractivity contribution in [3.8, 4) is 0 Å². The second-order valence-electron chi connectivity index (χ2n) is 7.32. The monoisotopic (exact) mass is 388 g/mol. The van der Waals surface area contributed by atoms with Gasteiger partial charge < -0.3 is 9.32 Å². The maximum atomic E-state index is 6.29. The molecule has 0 saturated heterocycles. The van der Waals surface area contributed by atoms with E-state index in [1.54, 1.807) is 12.5 Å². The number of anilines is 1. The molecule has 2 heterocycles. The van der Waals surface area contributed by atoms with Gasteiger partial charge in [0.15, 0.2) is 5.89 Å². The van der Waals surface area contributed by atoms with Crippen LogP contribution >= 0.6 is 11.6 Å². The molecule has 1 unspecified atom stereocenters. The summed E-state index contributed by atoms with van der Waals surface area (Å²) in [6, 6.07) is 17.1. The van der Waals surface area contributed by atoms with E-state index in [2.05, 4.69) is 58.4 Å². The van der Waals surface area contributed by atoms with E-state index in [0.717, 1.165) is 23.8 Å². The van der Waals surface area contributed by atoms with E-state index >= 15 is 0 Å². The molecule has 0 spiro atoms. The van der Waals surface area contributed by atoms with Crippen molar-refractivity contribution >= 4 is 17.3 Å². The minimum atomic E-state index is 0.160. The van der Waals surface area contributed by atoms with Crippen LogP contribution in [-0.4, -0.2) is 4.98 Å². The summed E-state index contributed by atoms with van der Waals surface area (Å²) >= 11 is 6.29. The van der Waals surface area contributed by atoms with E-state index in [1.807, 2.05) is 12.1 Å². The molecular weight excluding hydrogens is 368 g/mol. The Balaban J connectivity index is 1.49. The highest BCUT2D eigenvalue weighted by Gasteiger charge is 2.29. The van der Waals surface area contributed by atoms with Gasteiger partial charge in [-0.1, -0.05) is 48.0 Å². The largest absolute Gasteiger partial charge is 0.449 e. The molecule has 0 amide bonds. The van der Waals surface area contributed by atoms with E-state index in [4.69, 9.17) is 16.0 Å². The van der Waals surface area contributed by atoms with E-state index < -0.39 is 0 Å². The van der Waals surface area contributed by atoms with Gasteiger partial charge in [0.05, 0.1) is 12.2 Å². The zero-order valence-electron chi connectivity index (χ0n) is 15.5. The topological polar surface area (TPSA) is 29.3 Å². The molecule has 140 valence electrons. The van der Waals surface area contributed by atoms with Gasteiger partial charge in [-0.15, -0.1) is 0 Å². The van der Waals surface area contributed by atoms with E-state index in [9.17, 15) is 0 Å². The van der Waals surface area contributed by atoms with Gasteiger partial charge in [0, 0.05) is 22.8 Å². The second-order valence-corrected chi connectivity index (χ2v) is 7.76. The van der Waals surface area contributed by atoms with Gasteiger partial charge in [0.1, 0.15) is 6.26 Å². The number of aromatic nitrogens is 1. The van der Waals surface area contributed by atoms with E-state index in [0.29, 0.717) is 6.42 Å². The van der Waals surface area contributed by atoms with Crippen LogP contribution in [-0.2, 0) is 6.42 Å². The van der Waals surface area contributed by atoms with Gasteiger partial charge in [0.25, 0.3) is 0 Å². The first-order valence-corrected chi connectivity index (χ1v) is 10.1. The smallest absolute Gasteiger partial charge is 0.198 e. The minimum absolute atomic E-state index is 0.160. The van der Waals surface area contributed by atoms with Crippen molar-refractivity contribution < 1.29 is 4.42 Å². The van der Waals surface area contributed by atoms with Crippen LogP contribution in [0.1, 0.15) is 42.3 Å². The van der Waals surface area contributed by atoms with Crippen LogP contribution in [0.4, 0.5) is 5.69 Å². The number of rotatable bonds is 4. The van der Waals surface area contributed by atoms with Gasteiger partial charge in [-0.05, 0) is 60.2 Å². The van der Waals surface area contributed by atoms with Crippen LogP contribution < -0.4 is 4.90 Å². The molecule has 28 heavy (non-hydrogen) atoms. The van der Waals surface area contributed by atoms with Crippen molar-refractivity contribution in [1.82, 2.24) is 4.98 Å². The lowest BCUT2D eigenvalue weighted by molar-refractivity contribution is 0.507. The third kappa shape index (κ3) is 3.27. The lowest BCUT2D eigenvalue weighted by Crippen LogP contribution is -2.29. The maximum absolute atomic E-state index is 6.29. The Kier molecular flexibility index (Phi) is 4.53. The van der Waals surface area contributed by atoms with Crippen LogP contribution in [0.2, 0.25) is 5.02 Å². The molecule has 4 heteroatoms. The van der Waals surface area contributed by atoms with Gasteiger partial charge >= 0.3 is 0 Å². The molecular formula is C24H21ClN2O. The van der Waals surface area contributed by atoms with Gasteiger partial charge in [-0.2, -0.15) is 0 Å². The first-order valence-electron chi connectivity index (χ1n) is 9.70. The molecule has 0 bridgehead atoms. The Morgan fingerprint density at radius 3 is 2.79 bits per heavy atom. The Labute approximate surface area is 170 Å². The zero-order valence-corrected chi connectivity index (χ0v) is 16.3. The highest BCUT2D eigenvalue weighted by atomic mass is 35.5. The van der Waals surface area contributed by atoms with Gasteiger partial charge in [-0.25, -0.2) is 4.98 Å². The second kappa shape index (κ2) is 7.33. The van der Waals surface area contributed by atoms with E-state index in [1.165, 1.54) is 34.5 Å². The molecule has 2 aromatic carbocycles. The van der Waals surface area contributed by atoms with Crippen molar-refractivity contribution in [1.29, 1.82) is 0 Å². The van der Waals surface area contributed by atoms with Gasteiger partial charge in [0.2, 0.25) is 0 Å². The third-order valence-electron chi connectivity index (χ3n) is 5.52. The summed E-state index contributed by atoms with van der Waals surface area (Å²) in [6.45, 7) is 0. The molecule has 0 N–H and O–H groups in total. The Morgan fingerprint density at radius 1 is 1.11 bits per heavy atom. The predicted octanol–water partition coefficient (Wildman–Crippen LogP) is 6.47. The average molecular weight is 389 g/mol. The molecule has 3 aromatic rings. The molecule has 0 radical (unpaired) electrons. The lowest BCUT2D eigenvalue weighted by atomic mass is 9.97. The number of oxazole rings is 1. The fourth-order valence-corrected chi connectivity index (χ4v) is 4.42. The normalized spacial score (nSPS) is 18.6. The van der Waals surface area contributed by atoms with Crippen LogP contribution in [0.15, 0.2) is 88.8 Å². The van der Waals surface area contributed by atoms with Crippen LogP contribution in [0, 0.1) is 0 Å². The summed E-state index contributed by atoms with van der Waals surface area (Å²) in [4.78, 5) is 6.70. The molecule has 1 aliphatic carbocycles. The highest BCUT2D eigenvalue weighted by molar-refractivity contribution is 6.30. The molecule has 1 atom stereocenters. The van der Waals surface area contributed by atoms with Crippen molar-refractivity contribution in [3.05, 3.63) is 106 Å². The Hall–Kier alpha value is -2.78.